The second-order valence-electron chi connectivity index (χ2n) is 4.81. The van der Waals surface area contributed by atoms with Crippen LogP contribution in [0.4, 0.5) is 0 Å². The molecule has 1 aliphatic heterocycles. The van der Waals surface area contributed by atoms with Gasteiger partial charge in [-0.3, -0.25) is 4.90 Å². The van der Waals surface area contributed by atoms with Crippen LogP contribution in [0, 0.1) is 0 Å². The minimum Gasteiger partial charge on any atom is -0.315 e. The van der Waals surface area contributed by atoms with Crippen molar-refractivity contribution in [2.24, 2.45) is 0 Å². The van der Waals surface area contributed by atoms with E-state index in [1.165, 1.54) is 19.5 Å². The summed E-state index contributed by atoms with van der Waals surface area (Å²) < 4.78 is 0. The first-order valence-corrected chi connectivity index (χ1v) is 5.72. The predicted molar refractivity (Wildman–Crippen MR) is 61.7 cm³/mol. The number of nitrogens with one attached hydrogen (secondary N) is 1. The standard InChI is InChI=1S/C11H25N3/c1-10(2)14-7-5-6-12-8-11(14)9-13(3)4/h10-12H,5-9H2,1-4H3. The molecule has 1 rings (SSSR count). The highest BCUT2D eigenvalue weighted by atomic mass is 15.2. The van der Waals surface area contributed by atoms with Crippen molar-refractivity contribution >= 4 is 0 Å². The van der Waals surface area contributed by atoms with E-state index < -0.39 is 0 Å². The summed E-state index contributed by atoms with van der Waals surface area (Å²) in [4.78, 5) is 4.91. The average Bonchev–Trinajstić information content (AvgIpc) is 2.28. The second kappa shape index (κ2) is 5.69. The molecule has 0 aromatic rings. The molecular formula is C11H25N3. The Kier molecular flexibility index (Phi) is 4.85. The van der Waals surface area contributed by atoms with Crippen molar-refractivity contribution in [2.45, 2.75) is 32.4 Å². The summed E-state index contributed by atoms with van der Waals surface area (Å²) in [5.74, 6) is 0. The zero-order valence-electron chi connectivity index (χ0n) is 10.1. The molecule has 3 heteroatoms. The van der Waals surface area contributed by atoms with Gasteiger partial charge in [0.2, 0.25) is 0 Å². The van der Waals surface area contributed by atoms with Gasteiger partial charge in [0.05, 0.1) is 0 Å². The fourth-order valence-electron chi connectivity index (χ4n) is 2.23. The summed E-state index contributed by atoms with van der Waals surface area (Å²) in [6, 6.07) is 1.34. The highest BCUT2D eigenvalue weighted by Gasteiger charge is 2.22. The molecule has 0 amide bonds. The minimum atomic E-state index is 0.667. The number of rotatable bonds is 3. The van der Waals surface area contributed by atoms with Gasteiger partial charge in [-0.1, -0.05) is 0 Å². The molecule has 1 saturated heterocycles. The number of hydrogen-bond donors (Lipinski definition) is 1. The van der Waals surface area contributed by atoms with Crippen LogP contribution in [0.15, 0.2) is 0 Å². The highest BCUT2D eigenvalue weighted by Crippen LogP contribution is 2.09. The van der Waals surface area contributed by atoms with Crippen LogP contribution < -0.4 is 5.32 Å². The maximum absolute atomic E-state index is 3.52. The van der Waals surface area contributed by atoms with Gasteiger partial charge in [-0.25, -0.2) is 0 Å². The topological polar surface area (TPSA) is 18.5 Å². The zero-order chi connectivity index (χ0) is 10.6. The number of hydrogen-bond acceptors (Lipinski definition) is 3. The third kappa shape index (κ3) is 3.56. The third-order valence-electron chi connectivity index (χ3n) is 2.86. The van der Waals surface area contributed by atoms with Crippen molar-refractivity contribution < 1.29 is 0 Å². The van der Waals surface area contributed by atoms with Crippen LogP contribution in [-0.2, 0) is 0 Å². The molecule has 0 bridgehead atoms. The molecule has 84 valence electrons. The monoisotopic (exact) mass is 199 g/mol. The van der Waals surface area contributed by atoms with E-state index in [9.17, 15) is 0 Å². The summed E-state index contributed by atoms with van der Waals surface area (Å²) >= 11 is 0. The molecule has 0 saturated carbocycles. The quantitative estimate of drug-likeness (QED) is 0.719. The first-order valence-electron chi connectivity index (χ1n) is 5.72. The van der Waals surface area contributed by atoms with E-state index in [4.69, 9.17) is 0 Å². The van der Waals surface area contributed by atoms with Crippen molar-refractivity contribution in [3.05, 3.63) is 0 Å². The van der Waals surface area contributed by atoms with Crippen LogP contribution in [0.1, 0.15) is 20.3 Å². The van der Waals surface area contributed by atoms with E-state index in [0.29, 0.717) is 12.1 Å². The Morgan fingerprint density at radius 2 is 2.14 bits per heavy atom. The van der Waals surface area contributed by atoms with Gasteiger partial charge in [0.1, 0.15) is 0 Å². The molecular weight excluding hydrogens is 174 g/mol. The molecule has 1 N–H and O–H groups in total. The van der Waals surface area contributed by atoms with Crippen molar-refractivity contribution in [1.29, 1.82) is 0 Å². The molecule has 0 spiro atoms. The van der Waals surface area contributed by atoms with Crippen molar-refractivity contribution in [3.8, 4) is 0 Å². The largest absolute Gasteiger partial charge is 0.315 e. The van der Waals surface area contributed by atoms with Crippen LogP contribution in [0.5, 0.6) is 0 Å². The molecule has 1 fully saturated rings. The van der Waals surface area contributed by atoms with E-state index in [-0.39, 0.29) is 0 Å². The molecule has 1 aliphatic rings. The van der Waals surface area contributed by atoms with Crippen molar-refractivity contribution in [2.75, 3.05) is 40.3 Å². The number of nitrogens with zero attached hydrogens (tertiary/aromatic N) is 2. The van der Waals surface area contributed by atoms with Gasteiger partial charge < -0.3 is 10.2 Å². The van der Waals surface area contributed by atoms with Gasteiger partial charge in [-0.2, -0.15) is 0 Å². The van der Waals surface area contributed by atoms with E-state index in [0.717, 1.165) is 13.1 Å². The Bertz CT molecular complexity index is 157. The summed E-state index contributed by atoms with van der Waals surface area (Å²) in [5, 5.41) is 3.52. The Morgan fingerprint density at radius 1 is 1.43 bits per heavy atom. The lowest BCUT2D eigenvalue weighted by Gasteiger charge is -2.34. The smallest absolute Gasteiger partial charge is 0.0350 e. The maximum Gasteiger partial charge on any atom is 0.0350 e. The SMILES string of the molecule is CC(C)N1CCCNCC1CN(C)C. The Balaban J connectivity index is 2.54. The second-order valence-corrected chi connectivity index (χ2v) is 4.81. The van der Waals surface area contributed by atoms with Gasteiger partial charge in [0.25, 0.3) is 0 Å². The normalized spacial score (nSPS) is 25.7. The van der Waals surface area contributed by atoms with E-state index in [1.807, 2.05) is 0 Å². The average molecular weight is 199 g/mol. The zero-order valence-corrected chi connectivity index (χ0v) is 10.1. The van der Waals surface area contributed by atoms with Crippen molar-refractivity contribution in [3.63, 3.8) is 0 Å². The molecule has 3 nitrogen and oxygen atoms in total. The Hall–Kier alpha value is -0.120. The fourth-order valence-corrected chi connectivity index (χ4v) is 2.23. The van der Waals surface area contributed by atoms with E-state index in [2.05, 4.69) is 43.1 Å². The van der Waals surface area contributed by atoms with Gasteiger partial charge in [-0.15, -0.1) is 0 Å². The Morgan fingerprint density at radius 3 is 2.71 bits per heavy atom. The minimum absolute atomic E-state index is 0.667. The lowest BCUT2D eigenvalue weighted by molar-refractivity contribution is 0.137. The summed E-state index contributed by atoms with van der Waals surface area (Å²) in [5.41, 5.74) is 0. The predicted octanol–water partition coefficient (Wildman–Crippen LogP) is 0.620. The molecule has 0 aromatic carbocycles. The number of likely N-dealkylation sites (N-methyl/N-ethyl adjacent to an activating group) is 1. The Labute approximate surface area is 88.5 Å². The molecule has 0 aromatic heterocycles. The molecule has 0 radical (unpaired) electrons. The van der Waals surface area contributed by atoms with E-state index >= 15 is 0 Å². The van der Waals surface area contributed by atoms with E-state index in [1.54, 1.807) is 0 Å². The van der Waals surface area contributed by atoms with Crippen LogP contribution in [0.25, 0.3) is 0 Å². The first-order chi connectivity index (χ1) is 6.61. The van der Waals surface area contributed by atoms with Crippen LogP contribution in [-0.4, -0.2) is 62.2 Å². The van der Waals surface area contributed by atoms with Gasteiger partial charge in [0.15, 0.2) is 0 Å². The molecule has 1 unspecified atom stereocenters. The molecule has 14 heavy (non-hydrogen) atoms. The summed E-state index contributed by atoms with van der Waals surface area (Å²) in [6.07, 6.45) is 1.28. The summed E-state index contributed by atoms with van der Waals surface area (Å²) in [6.45, 7) is 9.31. The molecule has 1 atom stereocenters. The van der Waals surface area contributed by atoms with Crippen LogP contribution in [0.2, 0.25) is 0 Å². The lowest BCUT2D eigenvalue weighted by atomic mass is 10.2. The van der Waals surface area contributed by atoms with Crippen LogP contribution >= 0.6 is 0 Å². The van der Waals surface area contributed by atoms with Crippen molar-refractivity contribution in [1.82, 2.24) is 15.1 Å². The molecule has 1 heterocycles. The van der Waals surface area contributed by atoms with Gasteiger partial charge >= 0.3 is 0 Å². The van der Waals surface area contributed by atoms with Gasteiger partial charge in [-0.05, 0) is 40.9 Å². The molecule has 0 aliphatic carbocycles. The lowest BCUT2D eigenvalue weighted by Crippen LogP contribution is -2.48. The third-order valence-corrected chi connectivity index (χ3v) is 2.86. The maximum atomic E-state index is 3.52. The first kappa shape index (κ1) is 12.0. The van der Waals surface area contributed by atoms with Gasteiger partial charge in [0, 0.05) is 31.7 Å². The highest BCUT2D eigenvalue weighted by molar-refractivity contribution is 4.81. The fraction of sp³-hybridized carbons (Fsp3) is 1.00. The van der Waals surface area contributed by atoms with Crippen LogP contribution in [0.3, 0.4) is 0 Å². The summed E-state index contributed by atoms with van der Waals surface area (Å²) in [7, 11) is 4.31.